The second kappa shape index (κ2) is 8.29. The van der Waals surface area contributed by atoms with Gasteiger partial charge in [-0.2, -0.15) is 0 Å². The first kappa shape index (κ1) is 18.4. The van der Waals surface area contributed by atoms with E-state index in [1.54, 1.807) is 18.0 Å². The highest BCUT2D eigenvalue weighted by molar-refractivity contribution is 7.21. The summed E-state index contributed by atoms with van der Waals surface area (Å²) in [7, 11) is 3.25. The maximum atomic E-state index is 14.2. The van der Waals surface area contributed by atoms with Gasteiger partial charge in [0.15, 0.2) is 0 Å². The molecule has 6 heteroatoms. The van der Waals surface area contributed by atoms with Crippen LogP contribution in [0, 0.1) is 5.82 Å². The molecule has 0 aliphatic carbocycles. The molecule has 1 heterocycles. The molecule has 0 unspecified atom stereocenters. The van der Waals surface area contributed by atoms with E-state index in [1.807, 2.05) is 36.4 Å². The van der Waals surface area contributed by atoms with Crippen molar-refractivity contribution >= 4 is 27.3 Å². The lowest BCUT2D eigenvalue weighted by atomic mass is 10.1. The topological polar surface area (TPSA) is 38.8 Å². The van der Waals surface area contributed by atoms with Gasteiger partial charge >= 0.3 is 0 Å². The minimum absolute atomic E-state index is 0.158. The quantitative estimate of drug-likeness (QED) is 0.618. The normalized spacial score (nSPS) is 10.9. The number of thiophene rings is 1. The van der Waals surface area contributed by atoms with Gasteiger partial charge in [-0.1, -0.05) is 24.3 Å². The average Bonchev–Trinajstić information content (AvgIpc) is 3.02. The number of methoxy groups -OCH3 is 1. The molecule has 0 bridgehead atoms. The fraction of sp³-hybridized carbons (Fsp3) is 0.250. The number of ether oxygens (including phenoxy) is 2. The zero-order valence-electron chi connectivity index (χ0n) is 14.7. The molecule has 3 rings (SSSR count). The number of fused-ring (bicyclic) bond motifs is 1. The van der Waals surface area contributed by atoms with Crippen LogP contribution in [-0.2, 0) is 11.3 Å². The number of nitrogens with zero attached hydrogens (tertiary/aromatic N) is 1. The average molecular weight is 373 g/mol. The van der Waals surface area contributed by atoms with E-state index in [0.717, 1.165) is 10.4 Å². The number of hydrogen-bond acceptors (Lipinski definition) is 4. The number of likely N-dealkylation sites (N-methyl/N-ethyl adjacent to an activating group) is 1. The fourth-order valence-electron chi connectivity index (χ4n) is 2.71. The number of amides is 1. The number of para-hydroxylation sites is 1. The lowest BCUT2D eigenvalue weighted by Crippen LogP contribution is -2.31. The molecule has 3 aromatic rings. The number of carbonyl (C=O) groups is 1. The Balaban J connectivity index is 1.76. The summed E-state index contributed by atoms with van der Waals surface area (Å²) < 4.78 is 25.8. The van der Waals surface area contributed by atoms with E-state index in [1.165, 1.54) is 24.5 Å². The molecule has 1 aromatic heterocycles. The van der Waals surface area contributed by atoms with Gasteiger partial charge in [0.1, 0.15) is 18.2 Å². The van der Waals surface area contributed by atoms with Crippen LogP contribution in [0.25, 0.3) is 10.1 Å². The van der Waals surface area contributed by atoms with Crippen LogP contribution in [0.3, 0.4) is 0 Å². The first-order chi connectivity index (χ1) is 12.6. The molecule has 1 amide bonds. The van der Waals surface area contributed by atoms with Crippen molar-refractivity contribution in [3.05, 3.63) is 64.8 Å². The van der Waals surface area contributed by atoms with Gasteiger partial charge < -0.3 is 14.4 Å². The highest BCUT2D eigenvalue weighted by Gasteiger charge is 2.23. The van der Waals surface area contributed by atoms with Crippen LogP contribution in [0.15, 0.2) is 48.5 Å². The molecular weight excluding hydrogens is 353 g/mol. The molecule has 26 heavy (non-hydrogen) atoms. The van der Waals surface area contributed by atoms with Crippen molar-refractivity contribution in [3.63, 3.8) is 0 Å². The van der Waals surface area contributed by atoms with Crippen LogP contribution in [0.1, 0.15) is 15.2 Å². The van der Waals surface area contributed by atoms with Crippen LogP contribution in [0.4, 0.5) is 4.39 Å². The molecule has 0 fully saturated rings. The second-order valence-electron chi connectivity index (χ2n) is 5.84. The second-order valence-corrected chi connectivity index (χ2v) is 6.90. The molecule has 0 radical (unpaired) electrons. The minimum atomic E-state index is -0.333. The van der Waals surface area contributed by atoms with Gasteiger partial charge in [0.05, 0.1) is 18.0 Å². The van der Waals surface area contributed by atoms with Crippen molar-refractivity contribution in [1.82, 2.24) is 4.90 Å². The van der Waals surface area contributed by atoms with E-state index in [4.69, 9.17) is 9.47 Å². The zero-order chi connectivity index (χ0) is 18.5. The monoisotopic (exact) mass is 373 g/mol. The predicted molar refractivity (Wildman–Crippen MR) is 101 cm³/mol. The van der Waals surface area contributed by atoms with Crippen LogP contribution in [0.5, 0.6) is 5.75 Å². The van der Waals surface area contributed by atoms with Crippen LogP contribution in [0.2, 0.25) is 0 Å². The van der Waals surface area contributed by atoms with Gasteiger partial charge in [-0.05, 0) is 24.3 Å². The lowest BCUT2D eigenvalue weighted by molar-refractivity contribution is 0.0774. The Bertz CT molecular complexity index is 895. The van der Waals surface area contributed by atoms with Crippen molar-refractivity contribution in [2.24, 2.45) is 0 Å². The molecule has 2 aromatic carbocycles. The van der Waals surface area contributed by atoms with Crippen molar-refractivity contribution in [2.45, 2.75) is 6.61 Å². The van der Waals surface area contributed by atoms with Crippen LogP contribution in [-0.4, -0.2) is 38.1 Å². The molecular formula is C20H20FNO3S. The van der Waals surface area contributed by atoms with Gasteiger partial charge in [-0.3, -0.25) is 4.79 Å². The summed E-state index contributed by atoms with van der Waals surface area (Å²) in [5, 5.41) is 0.469. The van der Waals surface area contributed by atoms with E-state index >= 15 is 0 Å². The number of carbonyl (C=O) groups excluding carboxylic acids is 1. The Labute approximate surface area is 155 Å². The predicted octanol–water partition coefficient (Wildman–Crippen LogP) is 4.34. The third-order valence-corrected chi connectivity index (χ3v) is 5.22. The molecule has 0 atom stereocenters. The molecule has 0 N–H and O–H groups in total. The molecule has 0 aliphatic rings. The summed E-state index contributed by atoms with van der Waals surface area (Å²) in [6.07, 6.45) is 0. The Morgan fingerprint density at radius 1 is 1.15 bits per heavy atom. The van der Waals surface area contributed by atoms with Crippen molar-refractivity contribution in [3.8, 4) is 5.75 Å². The summed E-state index contributed by atoms with van der Waals surface area (Å²) >= 11 is 1.29. The highest BCUT2D eigenvalue weighted by Crippen LogP contribution is 2.34. The first-order valence-electron chi connectivity index (χ1n) is 8.24. The standard InChI is InChI=1S/C20H20FNO3S/c1-22(11-12-25-14-7-4-3-5-8-14)20(23)19-15(13-24-2)18-16(21)9-6-10-17(18)26-19/h3-10H,11-13H2,1-2H3. The Hall–Kier alpha value is -2.44. The smallest absolute Gasteiger partial charge is 0.264 e. The van der Waals surface area contributed by atoms with E-state index in [0.29, 0.717) is 29.0 Å². The Morgan fingerprint density at radius 2 is 1.92 bits per heavy atom. The van der Waals surface area contributed by atoms with E-state index in [2.05, 4.69) is 0 Å². The fourth-order valence-corrected chi connectivity index (χ4v) is 3.93. The van der Waals surface area contributed by atoms with E-state index < -0.39 is 0 Å². The number of hydrogen-bond donors (Lipinski definition) is 0. The number of benzene rings is 2. The third-order valence-electron chi connectivity index (χ3n) is 4.03. The summed E-state index contributed by atoms with van der Waals surface area (Å²) in [6.45, 7) is 0.998. The maximum absolute atomic E-state index is 14.2. The van der Waals surface area contributed by atoms with Gasteiger partial charge in [-0.15, -0.1) is 11.3 Å². The van der Waals surface area contributed by atoms with Crippen LogP contribution < -0.4 is 4.74 Å². The SMILES string of the molecule is COCc1c(C(=O)N(C)CCOc2ccccc2)sc2cccc(F)c12. The lowest BCUT2D eigenvalue weighted by Gasteiger charge is -2.17. The summed E-state index contributed by atoms with van der Waals surface area (Å²) in [6, 6.07) is 14.3. The summed E-state index contributed by atoms with van der Waals surface area (Å²) in [4.78, 5) is 15.0. The number of rotatable bonds is 7. The zero-order valence-corrected chi connectivity index (χ0v) is 15.5. The molecule has 0 spiro atoms. The molecule has 4 nitrogen and oxygen atoms in total. The van der Waals surface area contributed by atoms with Gasteiger partial charge in [0.25, 0.3) is 5.91 Å². The largest absolute Gasteiger partial charge is 0.492 e. The van der Waals surface area contributed by atoms with Crippen molar-refractivity contribution < 1.29 is 18.7 Å². The van der Waals surface area contributed by atoms with Gasteiger partial charge in [0.2, 0.25) is 0 Å². The van der Waals surface area contributed by atoms with Crippen molar-refractivity contribution in [1.29, 1.82) is 0 Å². The molecule has 136 valence electrons. The van der Waals surface area contributed by atoms with E-state index in [-0.39, 0.29) is 18.3 Å². The van der Waals surface area contributed by atoms with Gasteiger partial charge in [-0.25, -0.2) is 4.39 Å². The van der Waals surface area contributed by atoms with Crippen molar-refractivity contribution in [2.75, 3.05) is 27.3 Å². The first-order valence-corrected chi connectivity index (χ1v) is 9.05. The van der Waals surface area contributed by atoms with E-state index in [9.17, 15) is 9.18 Å². The Morgan fingerprint density at radius 3 is 2.65 bits per heavy atom. The summed E-state index contributed by atoms with van der Waals surface area (Å²) in [5.74, 6) is 0.270. The van der Waals surface area contributed by atoms with Crippen LogP contribution >= 0.6 is 11.3 Å². The Kier molecular flexibility index (Phi) is 5.85. The third kappa shape index (κ3) is 3.86. The minimum Gasteiger partial charge on any atom is -0.492 e. The van der Waals surface area contributed by atoms with Gasteiger partial charge in [0, 0.05) is 29.8 Å². The summed E-state index contributed by atoms with van der Waals surface area (Å²) in [5.41, 5.74) is 0.603. The molecule has 0 aliphatic heterocycles. The number of halogens is 1. The maximum Gasteiger partial charge on any atom is 0.264 e. The molecule has 0 saturated carbocycles. The molecule has 0 saturated heterocycles. The highest BCUT2D eigenvalue weighted by atomic mass is 32.1.